The van der Waals surface area contributed by atoms with Crippen LogP contribution in [0.15, 0.2) is 42.5 Å². The van der Waals surface area contributed by atoms with Crippen LogP contribution in [0.2, 0.25) is 0 Å². The Balaban J connectivity index is 1.91. The number of aromatic hydroxyl groups is 1. The smallest absolute Gasteiger partial charge is 0.276 e. The maximum atomic E-state index is 12.2. The molecule has 100 valence electrons. The zero-order chi connectivity index (χ0) is 14.1. The van der Waals surface area contributed by atoms with E-state index in [-0.39, 0.29) is 11.7 Å². The topological polar surface area (TPSA) is 78.0 Å². The van der Waals surface area contributed by atoms with Gasteiger partial charge in [-0.05, 0) is 24.6 Å². The van der Waals surface area contributed by atoms with E-state index in [1.54, 1.807) is 19.1 Å². The summed E-state index contributed by atoms with van der Waals surface area (Å²) in [6.07, 6.45) is 0. The van der Waals surface area contributed by atoms with Crippen molar-refractivity contribution in [2.75, 3.05) is 5.32 Å². The van der Waals surface area contributed by atoms with Gasteiger partial charge in [0.1, 0.15) is 5.75 Å². The van der Waals surface area contributed by atoms with Gasteiger partial charge in [0.05, 0.1) is 5.52 Å². The molecule has 5 nitrogen and oxygen atoms in total. The molecule has 3 aromatic rings. The fourth-order valence-corrected chi connectivity index (χ4v) is 2.01. The van der Waals surface area contributed by atoms with Crippen molar-refractivity contribution in [2.45, 2.75) is 6.92 Å². The van der Waals surface area contributed by atoms with Gasteiger partial charge in [0.2, 0.25) is 0 Å². The van der Waals surface area contributed by atoms with Crippen molar-refractivity contribution in [3.8, 4) is 5.75 Å². The molecule has 1 heterocycles. The number of amides is 1. The predicted octanol–water partition coefficient (Wildman–Crippen LogP) is 2.83. The van der Waals surface area contributed by atoms with E-state index < -0.39 is 0 Å². The van der Waals surface area contributed by atoms with Crippen molar-refractivity contribution in [2.24, 2.45) is 0 Å². The average molecular weight is 267 g/mol. The van der Waals surface area contributed by atoms with Gasteiger partial charge in [0.15, 0.2) is 5.69 Å². The summed E-state index contributed by atoms with van der Waals surface area (Å²) in [6.45, 7) is 1.79. The molecule has 3 rings (SSSR count). The number of hydrogen-bond acceptors (Lipinski definition) is 3. The van der Waals surface area contributed by atoms with Crippen molar-refractivity contribution < 1.29 is 9.90 Å². The monoisotopic (exact) mass is 267 g/mol. The number of nitrogens with zero attached hydrogens (tertiary/aromatic N) is 1. The Hall–Kier alpha value is -2.82. The summed E-state index contributed by atoms with van der Waals surface area (Å²) in [4.78, 5) is 12.2. The van der Waals surface area contributed by atoms with Crippen molar-refractivity contribution >= 4 is 22.5 Å². The number of H-pyrrole nitrogens is 1. The van der Waals surface area contributed by atoms with Gasteiger partial charge in [-0.2, -0.15) is 5.10 Å². The molecule has 5 heteroatoms. The first-order valence-corrected chi connectivity index (χ1v) is 6.19. The maximum Gasteiger partial charge on any atom is 0.276 e. The van der Waals surface area contributed by atoms with E-state index in [1.807, 2.05) is 24.3 Å². The molecule has 0 saturated heterocycles. The summed E-state index contributed by atoms with van der Waals surface area (Å²) >= 11 is 0. The highest BCUT2D eigenvalue weighted by Crippen LogP contribution is 2.22. The van der Waals surface area contributed by atoms with E-state index in [1.165, 1.54) is 6.07 Å². The second kappa shape index (κ2) is 4.70. The lowest BCUT2D eigenvalue weighted by Crippen LogP contribution is -2.12. The molecule has 0 fully saturated rings. The van der Waals surface area contributed by atoms with Crippen molar-refractivity contribution in [1.82, 2.24) is 10.2 Å². The average Bonchev–Trinajstić information content (AvgIpc) is 2.87. The third kappa shape index (κ3) is 2.09. The summed E-state index contributed by atoms with van der Waals surface area (Å²) < 4.78 is 0. The molecule has 0 unspecified atom stereocenters. The third-order valence-electron chi connectivity index (χ3n) is 3.15. The summed E-state index contributed by atoms with van der Waals surface area (Å²) in [5, 5.41) is 20.0. The molecular weight excluding hydrogens is 254 g/mol. The Bertz CT molecular complexity index is 793. The fourth-order valence-electron chi connectivity index (χ4n) is 2.01. The number of rotatable bonds is 2. The zero-order valence-corrected chi connectivity index (χ0v) is 10.8. The molecule has 0 saturated carbocycles. The minimum absolute atomic E-state index is 0.148. The quantitative estimate of drug-likeness (QED) is 0.668. The SMILES string of the molecule is Cc1ccc(NC(=O)c2n[nH]c3ccccc23)cc1O. The van der Waals surface area contributed by atoms with Crippen molar-refractivity contribution in [3.63, 3.8) is 0 Å². The number of carbonyl (C=O) groups excluding carboxylic acids is 1. The van der Waals surface area contributed by atoms with Gasteiger partial charge in [0, 0.05) is 17.1 Å². The number of hydrogen-bond donors (Lipinski definition) is 3. The predicted molar refractivity (Wildman–Crippen MR) is 76.9 cm³/mol. The zero-order valence-electron chi connectivity index (χ0n) is 10.8. The molecule has 20 heavy (non-hydrogen) atoms. The number of aryl methyl sites for hydroxylation is 1. The van der Waals surface area contributed by atoms with Gasteiger partial charge in [-0.15, -0.1) is 0 Å². The molecule has 2 aromatic carbocycles. The summed E-state index contributed by atoms with van der Waals surface area (Å²) in [5.74, 6) is -0.166. The number of nitrogens with one attached hydrogen (secondary N) is 2. The molecule has 0 radical (unpaired) electrons. The number of fused-ring (bicyclic) bond motifs is 1. The van der Waals surface area contributed by atoms with Crippen LogP contribution in [0.1, 0.15) is 16.1 Å². The normalized spacial score (nSPS) is 10.7. The number of phenolic OH excluding ortho intramolecular Hbond substituents is 1. The molecular formula is C15H13N3O2. The van der Waals surface area contributed by atoms with Crippen molar-refractivity contribution in [1.29, 1.82) is 0 Å². The lowest BCUT2D eigenvalue weighted by Gasteiger charge is -2.05. The highest BCUT2D eigenvalue weighted by atomic mass is 16.3. The van der Waals surface area contributed by atoms with Gasteiger partial charge >= 0.3 is 0 Å². The third-order valence-corrected chi connectivity index (χ3v) is 3.15. The summed E-state index contributed by atoms with van der Waals surface area (Å²) in [5.41, 5.74) is 2.43. The van der Waals surface area contributed by atoms with Crippen LogP contribution in [0.4, 0.5) is 5.69 Å². The Morgan fingerprint density at radius 1 is 1.25 bits per heavy atom. The Morgan fingerprint density at radius 3 is 2.85 bits per heavy atom. The molecule has 1 aromatic heterocycles. The van der Waals surface area contributed by atoms with Crippen LogP contribution in [0, 0.1) is 6.92 Å². The lowest BCUT2D eigenvalue weighted by molar-refractivity contribution is 0.102. The number of anilines is 1. The van der Waals surface area contributed by atoms with E-state index in [9.17, 15) is 9.90 Å². The number of phenols is 1. The minimum Gasteiger partial charge on any atom is -0.508 e. The largest absolute Gasteiger partial charge is 0.508 e. The van der Waals surface area contributed by atoms with Gasteiger partial charge in [-0.25, -0.2) is 0 Å². The summed E-state index contributed by atoms with van der Waals surface area (Å²) in [7, 11) is 0. The first-order chi connectivity index (χ1) is 9.65. The lowest BCUT2D eigenvalue weighted by atomic mass is 10.2. The van der Waals surface area contributed by atoms with Crippen LogP contribution >= 0.6 is 0 Å². The molecule has 0 bridgehead atoms. The first kappa shape index (κ1) is 12.2. The molecule has 1 amide bonds. The Morgan fingerprint density at radius 2 is 2.05 bits per heavy atom. The van der Waals surface area contributed by atoms with Gasteiger partial charge in [-0.1, -0.05) is 24.3 Å². The Kier molecular flexibility index (Phi) is 2.87. The molecule has 3 N–H and O–H groups in total. The van der Waals surface area contributed by atoms with Crippen LogP contribution < -0.4 is 5.32 Å². The van der Waals surface area contributed by atoms with E-state index >= 15 is 0 Å². The highest BCUT2D eigenvalue weighted by molar-refractivity contribution is 6.11. The highest BCUT2D eigenvalue weighted by Gasteiger charge is 2.14. The first-order valence-electron chi connectivity index (χ1n) is 6.19. The van der Waals surface area contributed by atoms with E-state index in [0.717, 1.165) is 16.5 Å². The number of benzene rings is 2. The van der Waals surface area contributed by atoms with Gasteiger partial charge in [-0.3, -0.25) is 9.89 Å². The molecule has 0 aliphatic rings. The Labute approximate surface area is 115 Å². The fraction of sp³-hybridized carbons (Fsp3) is 0.0667. The van der Waals surface area contributed by atoms with E-state index in [2.05, 4.69) is 15.5 Å². The van der Waals surface area contributed by atoms with Crippen LogP contribution in [-0.4, -0.2) is 21.2 Å². The number of para-hydroxylation sites is 1. The van der Waals surface area contributed by atoms with Crippen LogP contribution in [0.5, 0.6) is 5.75 Å². The molecule has 0 atom stereocenters. The molecule has 0 aliphatic heterocycles. The number of aromatic nitrogens is 2. The van der Waals surface area contributed by atoms with E-state index in [0.29, 0.717) is 11.4 Å². The van der Waals surface area contributed by atoms with Crippen molar-refractivity contribution in [3.05, 3.63) is 53.7 Å². The van der Waals surface area contributed by atoms with Crippen LogP contribution in [0.3, 0.4) is 0 Å². The second-order valence-electron chi connectivity index (χ2n) is 4.57. The molecule has 0 spiro atoms. The summed E-state index contributed by atoms with van der Waals surface area (Å²) in [6, 6.07) is 12.4. The van der Waals surface area contributed by atoms with E-state index in [4.69, 9.17) is 0 Å². The number of carbonyl (C=O) groups is 1. The maximum absolute atomic E-state index is 12.2. The minimum atomic E-state index is -0.314. The van der Waals surface area contributed by atoms with Gasteiger partial charge in [0.25, 0.3) is 5.91 Å². The molecule has 0 aliphatic carbocycles. The number of aromatic amines is 1. The second-order valence-corrected chi connectivity index (χ2v) is 4.57. The standard InChI is InChI=1S/C15H13N3O2/c1-9-6-7-10(8-13(9)19)16-15(20)14-11-4-2-3-5-12(11)17-18-14/h2-8,19H,1H3,(H,16,20)(H,17,18). The van der Waals surface area contributed by atoms with Crippen LogP contribution in [-0.2, 0) is 0 Å². The van der Waals surface area contributed by atoms with Crippen LogP contribution in [0.25, 0.3) is 10.9 Å². The van der Waals surface area contributed by atoms with Gasteiger partial charge < -0.3 is 10.4 Å².